The first-order valence-electron chi connectivity index (χ1n) is 23.0. The summed E-state index contributed by atoms with van der Waals surface area (Å²) in [6, 6.07) is 75.2. The van der Waals surface area contributed by atoms with E-state index >= 15 is 0 Å². The van der Waals surface area contributed by atoms with Crippen LogP contribution in [0.1, 0.15) is 72.2 Å². The number of anilines is 3. The Labute approximate surface area is 380 Å². The molecule has 0 unspecified atom stereocenters. The summed E-state index contributed by atoms with van der Waals surface area (Å²) in [6.45, 7) is 9.50. The summed E-state index contributed by atoms with van der Waals surface area (Å²) in [5.41, 5.74) is 20.6. The molecule has 2 nitrogen and oxygen atoms in total. The van der Waals surface area contributed by atoms with Crippen molar-refractivity contribution in [2.24, 2.45) is 0 Å². The monoisotopic (exact) mass is 831 g/mol. The van der Waals surface area contributed by atoms with Gasteiger partial charge in [-0.25, -0.2) is 0 Å². The molecule has 4 aliphatic rings. The van der Waals surface area contributed by atoms with Crippen LogP contribution in [0.3, 0.4) is 0 Å². The molecule has 1 heterocycles. The quantitative estimate of drug-likeness (QED) is 0.176. The highest BCUT2D eigenvalue weighted by atomic mass is 16.5. The van der Waals surface area contributed by atoms with E-state index in [1.54, 1.807) is 0 Å². The van der Waals surface area contributed by atoms with Crippen molar-refractivity contribution in [2.75, 3.05) is 4.90 Å². The SMILES string of the molecule is CC1(C)c2ccccc2-c2cc(N(c3ccc4c(c3)C(C)(C)c3ccccc3-4)c3cccc4c3-c3ccccc3C43c4ccc5ccccc5c4Oc4c3ccc3ccccc43)ccc21. The maximum absolute atomic E-state index is 7.30. The van der Waals surface area contributed by atoms with Crippen LogP contribution in [0.15, 0.2) is 200 Å². The molecule has 2 heteroatoms. The Balaban J connectivity index is 1.09. The third kappa shape index (κ3) is 4.64. The molecule has 0 atom stereocenters. The van der Waals surface area contributed by atoms with Gasteiger partial charge in [-0.3, -0.25) is 0 Å². The van der Waals surface area contributed by atoms with Crippen LogP contribution in [0.25, 0.3) is 54.9 Å². The van der Waals surface area contributed by atoms with Crippen LogP contribution < -0.4 is 9.64 Å². The van der Waals surface area contributed by atoms with Gasteiger partial charge < -0.3 is 9.64 Å². The van der Waals surface area contributed by atoms with Crippen molar-refractivity contribution in [3.63, 3.8) is 0 Å². The van der Waals surface area contributed by atoms with E-state index < -0.39 is 5.41 Å². The Morgan fingerprint density at radius 3 is 1.49 bits per heavy atom. The average Bonchev–Trinajstić information content (AvgIpc) is 3.86. The van der Waals surface area contributed by atoms with E-state index in [1.165, 1.54) is 88.7 Å². The second kappa shape index (κ2) is 12.7. The van der Waals surface area contributed by atoms with Crippen molar-refractivity contribution in [2.45, 2.75) is 43.9 Å². The number of rotatable bonds is 3. The molecule has 0 fully saturated rings. The van der Waals surface area contributed by atoms with Gasteiger partial charge in [0.25, 0.3) is 0 Å². The van der Waals surface area contributed by atoms with Crippen molar-refractivity contribution < 1.29 is 4.74 Å². The molecule has 308 valence electrons. The molecular weight excluding hydrogens is 787 g/mol. The van der Waals surface area contributed by atoms with E-state index in [2.05, 4.69) is 233 Å². The molecule has 0 saturated carbocycles. The molecule has 0 N–H and O–H groups in total. The van der Waals surface area contributed by atoms with Gasteiger partial charge in [-0.05, 0) is 102 Å². The van der Waals surface area contributed by atoms with Crippen LogP contribution in [0, 0.1) is 0 Å². The lowest BCUT2D eigenvalue weighted by Crippen LogP contribution is -2.32. The maximum Gasteiger partial charge on any atom is 0.140 e. The molecular formula is C63H45NO. The molecule has 0 amide bonds. The first-order chi connectivity index (χ1) is 31.8. The number of fused-ring (bicyclic) bond motifs is 19. The normalized spacial score (nSPS) is 15.6. The van der Waals surface area contributed by atoms with E-state index in [0.717, 1.165) is 39.3 Å². The lowest BCUT2D eigenvalue weighted by atomic mass is 9.65. The highest BCUT2D eigenvalue weighted by Crippen LogP contribution is 2.66. The molecule has 1 aliphatic heterocycles. The van der Waals surface area contributed by atoms with Gasteiger partial charge >= 0.3 is 0 Å². The van der Waals surface area contributed by atoms with E-state index in [-0.39, 0.29) is 10.8 Å². The lowest BCUT2D eigenvalue weighted by molar-refractivity contribution is 0.447. The number of ether oxygens (including phenoxy) is 1. The van der Waals surface area contributed by atoms with Crippen LogP contribution in [0.5, 0.6) is 11.5 Å². The second-order valence-electron chi connectivity index (χ2n) is 19.6. The summed E-state index contributed by atoms with van der Waals surface area (Å²) < 4.78 is 7.30. The summed E-state index contributed by atoms with van der Waals surface area (Å²) in [5, 5.41) is 4.57. The van der Waals surface area contributed by atoms with Crippen LogP contribution in [0.4, 0.5) is 17.1 Å². The van der Waals surface area contributed by atoms with Crippen LogP contribution >= 0.6 is 0 Å². The molecule has 0 saturated heterocycles. The van der Waals surface area contributed by atoms with Crippen molar-refractivity contribution in [1.82, 2.24) is 0 Å². The Hall–Kier alpha value is -7.68. The Morgan fingerprint density at radius 2 is 0.815 bits per heavy atom. The minimum absolute atomic E-state index is 0.101. The highest BCUT2D eigenvalue weighted by molar-refractivity contribution is 6.03. The fraction of sp³-hybridized carbons (Fsp3) is 0.111. The molecule has 0 radical (unpaired) electrons. The highest BCUT2D eigenvalue weighted by Gasteiger charge is 2.53. The predicted octanol–water partition coefficient (Wildman–Crippen LogP) is 16.5. The zero-order valence-electron chi connectivity index (χ0n) is 36.9. The van der Waals surface area contributed by atoms with Crippen LogP contribution in [-0.2, 0) is 16.2 Å². The van der Waals surface area contributed by atoms with Gasteiger partial charge in [0.2, 0.25) is 0 Å². The number of benzene rings is 10. The number of hydrogen-bond acceptors (Lipinski definition) is 2. The molecule has 3 aliphatic carbocycles. The largest absolute Gasteiger partial charge is 0.455 e. The van der Waals surface area contributed by atoms with Gasteiger partial charge in [0.1, 0.15) is 11.5 Å². The molecule has 0 aromatic heterocycles. The first-order valence-corrected chi connectivity index (χ1v) is 23.0. The number of hydrogen-bond donors (Lipinski definition) is 0. The van der Waals surface area contributed by atoms with Gasteiger partial charge in [0.05, 0.1) is 11.1 Å². The summed E-state index contributed by atoms with van der Waals surface area (Å²) in [4.78, 5) is 2.56. The molecule has 10 aromatic rings. The average molecular weight is 832 g/mol. The molecule has 1 spiro atoms. The molecule has 65 heavy (non-hydrogen) atoms. The summed E-state index contributed by atoms with van der Waals surface area (Å²) in [6.07, 6.45) is 0. The van der Waals surface area contributed by atoms with E-state index in [0.29, 0.717) is 0 Å². The minimum atomic E-state index is -0.660. The minimum Gasteiger partial charge on any atom is -0.455 e. The van der Waals surface area contributed by atoms with E-state index in [1.807, 2.05) is 0 Å². The van der Waals surface area contributed by atoms with Crippen molar-refractivity contribution in [3.8, 4) is 44.9 Å². The standard InChI is InChI=1S/C63H45NO/c1-61(2)50-24-13-10-21-45(50)48-36-40(31-35-51(48)61)64(41-30-32-46-44-20-9-12-23-49(44)62(3,4)56(46)37-41)57-27-15-26-53-58(57)47-22-11-14-25-52(47)63(53)54-33-28-38-16-5-7-18-42(38)59(54)65-60-43-19-8-6-17-39(43)29-34-55(60)63/h5-37H,1-4H3. The molecule has 10 aromatic carbocycles. The van der Waals surface area contributed by atoms with E-state index in [9.17, 15) is 0 Å². The van der Waals surface area contributed by atoms with E-state index in [4.69, 9.17) is 4.74 Å². The zero-order chi connectivity index (χ0) is 43.4. The van der Waals surface area contributed by atoms with Gasteiger partial charge in [-0.1, -0.05) is 198 Å². The van der Waals surface area contributed by atoms with Gasteiger partial charge in [0.15, 0.2) is 0 Å². The first kappa shape index (κ1) is 36.8. The van der Waals surface area contributed by atoms with Crippen molar-refractivity contribution in [3.05, 3.63) is 245 Å². The fourth-order valence-corrected chi connectivity index (χ4v) is 12.7. The third-order valence-corrected chi connectivity index (χ3v) is 15.7. The summed E-state index contributed by atoms with van der Waals surface area (Å²) in [5.74, 6) is 1.86. The smallest absolute Gasteiger partial charge is 0.140 e. The van der Waals surface area contributed by atoms with Gasteiger partial charge in [0, 0.05) is 49.7 Å². The van der Waals surface area contributed by atoms with Gasteiger partial charge in [-0.15, -0.1) is 0 Å². The Morgan fingerprint density at radius 1 is 0.338 bits per heavy atom. The zero-order valence-corrected chi connectivity index (χ0v) is 36.9. The van der Waals surface area contributed by atoms with Gasteiger partial charge in [-0.2, -0.15) is 0 Å². The predicted molar refractivity (Wildman–Crippen MR) is 269 cm³/mol. The van der Waals surface area contributed by atoms with Crippen LogP contribution in [0.2, 0.25) is 0 Å². The van der Waals surface area contributed by atoms with Crippen molar-refractivity contribution in [1.29, 1.82) is 0 Å². The molecule has 14 rings (SSSR count). The summed E-state index contributed by atoms with van der Waals surface area (Å²) in [7, 11) is 0. The number of nitrogens with zero attached hydrogens (tertiary/aromatic N) is 1. The maximum atomic E-state index is 7.30. The fourth-order valence-electron chi connectivity index (χ4n) is 12.7. The second-order valence-corrected chi connectivity index (χ2v) is 19.6. The topological polar surface area (TPSA) is 12.5 Å². The Bertz CT molecular complexity index is 3630. The van der Waals surface area contributed by atoms with Crippen LogP contribution in [-0.4, -0.2) is 0 Å². The summed E-state index contributed by atoms with van der Waals surface area (Å²) >= 11 is 0. The lowest BCUT2D eigenvalue weighted by Gasteiger charge is -2.40. The Kier molecular flexibility index (Phi) is 7.21. The third-order valence-electron chi connectivity index (χ3n) is 15.7. The van der Waals surface area contributed by atoms with Crippen molar-refractivity contribution >= 4 is 38.6 Å². The molecule has 0 bridgehead atoms.